The van der Waals surface area contributed by atoms with Crippen molar-refractivity contribution in [3.63, 3.8) is 0 Å². The Bertz CT molecular complexity index is 504. The number of nitriles is 1. The van der Waals surface area contributed by atoms with E-state index in [1.807, 2.05) is 11.1 Å². The molecule has 1 fully saturated rings. The Balaban J connectivity index is 1.79. The summed E-state index contributed by atoms with van der Waals surface area (Å²) in [5.41, 5.74) is 3.24. The number of rotatable bonds is 4. The number of carbonyl (C=O) groups excluding carboxylic acids is 1. The number of nitrogens with one attached hydrogen (secondary N) is 1. The van der Waals surface area contributed by atoms with Crippen LogP contribution in [0, 0.1) is 11.3 Å². The second-order valence-corrected chi connectivity index (χ2v) is 4.72. The van der Waals surface area contributed by atoms with Crippen LogP contribution in [0.25, 0.3) is 0 Å². The number of nitrogens with zero attached hydrogens (tertiary/aromatic N) is 3. The number of amides is 1. The van der Waals surface area contributed by atoms with Crippen molar-refractivity contribution >= 4 is 5.91 Å². The average Bonchev–Trinajstić information content (AvgIpc) is 2.48. The number of benzene rings is 1. The summed E-state index contributed by atoms with van der Waals surface area (Å²) >= 11 is 0. The van der Waals surface area contributed by atoms with E-state index < -0.39 is 0 Å². The minimum Gasteiger partial charge on any atom is -0.482 e. The Kier molecular flexibility index (Phi) is 4.93. The van der Waals surface area contributed by atoms with Crippen LogP contribution in [0.3, 0.4) is 0 Å². The minimum absolute atomic E-state index is 0.0922. The van der Waals surface area contributed by atoms with E-state index in [0.29, 0.717) is 11.3 Å². The van der Waals surface area contributed by atoms with Gasteiger partial charge in [-0.25, -0.2) is 5.01 Å². The predicted molar refractivity (Wildman–Crippen MR) is 73.9 cm³/mol. The fourth-order valence-electron chi connectivity index (χ4n) is 1.96. The minimum atomic E-state index is -0.206. The van der Waals surface area contributed by atoms with Crippen LogP contribution in [0.1, 0.15) is 5.56 Å². The molecule has 0 atom stereocenters. The van der Waals surface area contributed by atoms with Crippen molar-refractivity contribution < 1.29 is 9.53 Å². The number of likely N-dealkylation sites (N-methyl/N-ethyl adjacent to an activating group) is 1. The molecule has 0 saturated carbocycles. The lowest BCUT2D eigenvalue weighted by atomic mass is 10.2. The standard InChI is InChI=1S/C14H18N4O2/c1-17-6-8-18(9-7-17)16-14(19)11-20-13-5-3-2-4-12(13)10-15/h2-5H,6-9,11H2,1H3,(H,16,19). The number of piperazine rings is 1. The largest absolute Gasteiger partial charge is 0.482 e. The zero-order valence-electron chi connectivity index (χ0n) is 11.5. The van der Waals surface area contributed by atoms with Gasteiger partial charge in [-0.3, -0.25) is 10.2 Å². The SMILES string of the molecule is CN1CCN(NC(=O)COc2ccccc2C#N)CC1. The van der Waals surface area contributed by atoms with Crippen molar-refractivity contribution in [2.75, 3.05) is 39.8 Å². The number of para-hydroxylation sites is 1. The predicted octanol–water partition coefficient (Wildman–Crippen LogP) is 0.216. The maximum atomic E-state index is 11.8. The number of hydrogen-bond donors (Lipinski definition) is 1. The maximum absolute atomic E-state index is 11.8. The molecule has 1 N–H and O–H groups in total. The van der Waals surface area contributed by atoms with Gasteiger partial charge in [0.15, 0.2) is 6.61 Å². The fourth-order valence-corrected chi connectivity index (χ4v) is 1.96. The van der Waals surface area contributed by atoms with Crippen molar-refractivity contribution in [1.29, 1.82) is 5.26 Å². The quantitative estimate of drug-likeness (QED) is 0.850. The summed E-state index contributed by atoms with van der Waals surface area (Å²) in [6, 6.07) is 8.91. The van der Waals surface area contributed by atoms with Crippen LogP contribution in [0.5, 0.6) is 5.75 Å². The molecule has 106 valence electrons. The van der Waals surface area contributed by atoms with Crippen molar-refractivity contribution in [2.45, 2.75) is 0 Å². The Labute approximate surface area is 118 Å². The van der Waals surface area contributed by atoms with E-state index in [-0.39, 0.29) is 12.5 Å². The lowest BCUT2D eigenvalue weighted by Crippen LogP contribution is -2.53. The van der Waals surface area contributed by atoms with Gasteiger partial charge < -0.3 is 9.64 Å². The van der Waals surface area contributed by atoms with Gasteiger partial charge in [0.05, 0.1) is 5.56 Å². The highest BCUT2D eigenvalue weighted by Crippen LogP contribution is 2.16. The van der Waals surface area contributed by atoms with E-state index in [0.717, 1.165) is 26.2 Å². The van der Waals surface area contributed by atoms with Crippen LogP contribution < -0.4 is 10.2 Å². The molecule has 1 aromatic carbocycles. The molecular formula is C14H18N4O2. The Morgan fingerprint density at radius 1 is 1.35 bits per heavy atom. The number of carbonyl (C=O) groups is 1. The molecule has 1 amide bonds. The third kappa shape index (κ3) is 3.95. The number of hydrogen-bond acceptors (Lipinski definition) is 5. The summed E-state index contributed by atoms with van der Waals surface area (Å²) in [6.07, 6.45) is 0. The summed E-state index contributed by atoms with van der Waals surface area (Å²) in [5.74, 6) is 0.228. The molecule has 1 aliphatic heterocycles. The molecule has 1 saturated heterocycles. The highest BCUT2D eigenvalue weighted by molar-refractivity contribution is 5.77. The van der Waals surface area contributed by atoms with Crippen LogP contribution in [-0.2, 0) is 4.79 Å². The molecule has 0 aromatic heterocycles. The first kappa shape index (κ1) is 14.3. The van der Waals surface area contributed by atoms with Gasteiger partial charge in [0, 0.05) is 26.2 Å². The van der Waals surface area contributed by atoms with Crippen LogP contribution in [-0.4, -0.2) is 55.6 Å². The molecule has 6 heteroatoms. The molecule has 2 rings (SSSR count). The first-order chi connectivity index (χ1) is 9.69. The molecule has 6 nitrogen and oxygen atoms in total. The van der Waals surface area contributed by atoms with Crippen molar-refractivity contribution in [2.24, 2.45) is 0 Å². The van der Waals surface area contributed by atoms with E-state index in [1.54, 1.807) is 24.3 Å². The normalized spacial score (nSPS) is 16.4. The average molecular weight is 274 g/mol. The topological polar surface area (TPSA) is 68.6 Å². The second kappa shape index (κ2) is 6.89. The zero-order valence-corrected chi connectivity index (χ0v) is 11.5. The fraction of sp³-hybridized carbons (Fsp3) is 0.429. The van der Waals surface area contributed by atoms with Gasteiger partial charge in [-0.1, -0.05) is 12.1 Å². The third-order valence-electron chi connectivity index (χ3n) is 3.15. The van der Waals surface area contributed by atoms with Crippen LogP contribution >= 0.6 is 0 Å². The molecule has 0 aliphatic carbocycles. The summed E-state index contributed by atoms with van der Waals surface area (Å²) in [4.78, 5) is 14.0. The van der Waals surface area contributed by atoms with E-state index in [1.165, 1.54) is 0 Å². The zero-order chi connectivity index (χ0) is 14.4. The smallest absolute Gasteiger partial charge is 0.272 e. The van der Waals surface area contributed by atoms with E-state index >= 15 is 0 Å². The van der Waals surface area contributed by atoms with Gasteiger partial charge in [-0.05, 0) is 19.2 Å². The van der Waals surface area contributed by atoms with Crippen LogP contribution in [0.4, 0.5) is 0 Å². The molecule has 0 radical (unpaired) electrons. The molecular weight excluding hydrogens is 256 g/mol. The summed E-state index contributed by atoms with van der Waals surface area (Å²) in [7, 11) is 2.06. The van der Waals surface area contributed by atoms with Crippen molar-refractivity contribution in [3.05, 3.63) is 29.8 Å². The van der Waals surface area contributed by atoms with Crippen LogP contribution in [0.2, 0.25) is 0 Å². The third-order valence-corrected chi connectivity index (χ3v) is 3.15. The summed E-state index contributed by atoms with van der Waals surface area (Å²) < 4.78 is 5.38. The summed E-state index contributed by atoms with van der Waals surface area (Å²) in [6.45, 7) is 3.37. The monoisotopic (exact) mass is 274 g/mol. The van der Waals surface area contributed by atoms with Gasteiger partial charge in [0.25, 0.3) is 5.91 Å². The van der Waals surface area contributed by atoms with Gasteiger partial charge in [-0.2, -0.15) is 5.26 Å². The van der Waals surface area contributed by atoms with Gasteiger partial charge in [-0.15, -0.1) is 0 Å². The lowest BCUT2D eigenvalue weighted by Gasteiger charge is -2.32. The molecule has 0 unspecified atom stereocenters. The molecule has 1 aliphatic rings. The highest BCUT2D eigenvalue weighted by Gasteiger charge is 2.16. The van der Waals surface area contributed by atoms with E-state index in [4.69, 9.17) is 10.00 Å². The Morgan fingerprint density at radius 3 is 2.75 bits per heavy atom. The van der Waals surface area contributed by atoms with Crippen molar-refractivity contribution in [1.82, 2.24) is 15.3 Å². The van der Waals surface area contributed by atoms with Crippen molar-refractivity contribution in [3.8, 4) is 11.8 Å². The molecule has 1 heterocycles. The number of ether oxygens (including phenoxy) is 1. The maximum Gasteiger partial charge on any atom is 0.272 e. The Morgan fingerprint density at radius 2 is 2.05 bits per heavy atom. The first-order valence-corrected chi connectivity index (χ1v) is 6.54. The van der Waals surface area contributed by atoms with Gasteiger partial charge in [0.1, 0.15) is 11.8 Å². The number of hydrazine groups is 1. The molecule has 1 aromatic rings. The molecule has 20 heavy (non-hydrogen) atoms. The highest BCUT2D eigenvalue weighted by atomic mass is 16.5. The van der Waals surface area contributed by atoms with E-state index in [2.05, 4.69) is 17.4 Å². The van der Waals surface area contributed by atoms with Crippen LogP contribution in [0.15, 0.2) is 24.3 Å². The lowest BCUT2D eigenvalue weighted by molar-refractivity contribution is -0.128. The summed E-state index contributed by atoms with van der Waals surface area (Å²) in [5, 5.41) is 10.8. The van der Waals surface area contributed by atoms with Gasteiger partial charge >= 0.3 is 0 Å². The molecule has 0 bridgehead atoms. The molecule has 0 spiro atoms. The first-order valence-electron chi connectivity index (χ1n) is 6.54. The van der Waals surface area contributed by atoms with E-state index in [9.17, 15) is 4.79 Å². The second-order valence-electron chi connectivity index (χ2n) is 4.72. The van der Waals surface area contributed by atoms with Gasteiger partial charge in [0.2, 0.25) is 0 Å². The Hall–Kier alpha value is -2.10.